The van der Waals surface area contributed by atoms with Crippen LogP contribution in [0.3, 0.4) is 0 Å². The van der Waals surface area contributed by atoms with Crippen molar-refractivity contribution in [1.29, 1.82) is 0 Å². The van der Waals surface area contributed by atoms with Gasteiger partial charge in [0.25, 0.3) is 0 Å². The van der Waals surface area contributed by atoms with Crippen LogP contribution < -0.4 is 10.1 Å². The van der Waals surface area contributed by atoms with Gasteiger partial charge >= 0.3 is 0 Å². The van der Waals surface area contributed by atoms with Crippen molar-refractivity contribution in [3.63, 3.8) is 0 Å². The number of nitrogens with one attached hydrogen (secondary N) is 2. The van der Waals surface area contributed by atoms with Gasteiger partial charge < -0.3 is 15.0 Å². The van der Waals surface area contributed by atoms with E-state index >= 15 is 0 Å². The molecule has 1 aromatic heterocycles. The van der Waals surface area contributed by atoms with Gasteiger partial charge in [-0.3, -0.25) is 4.79 Å². The van der Waals surface area contributed by atoms with Crippen molar-refractivity contribution in [1.82, 2.24) is 9.97 Å². The summed E-state index contributed by atoms with van der Waals surface area (Å²) in [5, 5.41) is 2.90. The number of aromatic nitrogens is 2. The summed E-state index contributed by atoms with van der Waals surface area (Å²) < 4.78 is 5.39. The van der Waals surface area contributed by atoms with Gasteiger partial charge in [0.05, 0.1) is 24.1 Å². The average molecular weight is 323 g/mol. The average Bonchev–Trinajstić information content (AvgIpc) is 2.99. The molecule has 0 aliphatic heterocycles. The van der Waals surface area contributed by atoms with Crippen LogP contribution in [-0.4, -0.2) is 22.5 Å². The minimum atomic E-state index is -0.0475. The third-order valence-electron chi connectivity index (χ3n) is 3.74. The number of hydrogen-bond acceptors (Lipinski definition) is 3. The second-order valence-electron chi connectivity index (χ2n) is 5.57. The van der Waals surface area contributed by atoms with Crippen molar-refractivity contribution in [3.8, 4) is 5.75 Å². The molecule has 3 aromatic rings. The molecule has 124 valence electrons. The number of nitrogens with zero attached hydrogens (tertiary/aromatic N) is 1. The van der Waals surface area contributed by atoms with E-state index in [2.05, 4.69) is 22.2 Å². The molecule has 5 nitrogen and oxygen atoms in total. The maximum Gasteiger partial charge on any atom is 0.228 e. The molecule has 0 atom stereocenters. The van der Waals surface area contributed by atoms with Gasteiger partial charge in [-0.1, -0.05) is 13.0 Å². The Morgan fingerprint density at radius 2 is 1.96 bits per heavy atom. The molecule has 0 fully saturated rings. The van der Waals surface area contributed by atoms with E-state index in [1.807, 2.05) is 49.4 Å². The molecule has 0 radical (unpaired) electrons. The number of fused-ring (bicyclic) bond motifs is 1. The molecule has 1 heterocycles. The predicted octanol–water partition coefficient (Wildman–Crippen LogP) is 3.71. The van der Waals surface area contributed by atoms with Crippen molar-refractivity contribution in [3.05, 3.63) is 53.9 Å². The quantitative estimate of drug-likeness (QED) is 0.727. The second-order valence-corrected chi connectivity index (χ2v) is 5.57. The number of rotatable bonds is 6. The van der Waals surface area contributed by atoms with Crippen molar-refractivity contribution in [2.45, 2.75) is 26.7 Å². The van der Waals surface area contributed by atoms with Crippen LogP contribution >= 0.6 is 0 Å². The van der Waals surface area contributed by atoms with Gasteiger partial charge in [0, 0.05) is 12.1 Å². The number of aromatic amines is 1. The van der Waals surface area contributed by atoms with E-state index in [4.69, 9.17) is 4.74 Å². The Morgan fingerprint density at radius 1 is 1.17 bits per heavy atom. The van der Waals surface area contributed by atoms with Crippen LogP contribution in [0.2, 0.25) is 0 Å². The molecule has 0 aliphatic rings. The van der Waals surface area contributed by atoms with Crippen LogP contribution in [0.5, 0.6) is 5.75 Å². The topological polar surface area (TPSA) is 67.0 Å². The highest BCUT2D eigenvalue weighted by Gasteiger charge is 2.07. The first-order valence-corrected chi connectivity index (χ1v) is 8.18. The summed E-state index contributed by atoms with van der Waals surface area (Å²) in [6, 6.07) is 13.3. The van der Waals surface area contributed by atoms with Gasteiger partial charge in [-0.25, -0.2) is 4.98 Å². The lowest BCUT2D eigenvalue weighted by Gasteiger charge is -2.07. The van der Waals surface area contributed by atoms with E-state index < -0.39 is 0 Å². The van der Waals surface area contributed by atoms with Gasteiger partial charge in [0.1, 0.15) is 11.6 Å². The Morgan fingerprint density at radius 3 is 2.67 bits per heavy atom. The van der Waals surface area contributed by atoms with Crippen molar-refractivity contribution in [2.24, 2.45) is 0 Å². The fraction of sp³-hybridized carbons (Fsp3) is 0.263. The van der Waals surface area contributed by atoms with Crippen molar-refractivity contribution in [2.75, 3.05) is 11.9 Å². The summed E-state index contributed by atoms with van der Waals surface area (Å²) in [6.45, 7) is 4.63. The number of ether oxygens (including phenoxy) is 1. The standard InChI is InChI=1S/C19H21N3O2/c1-3-18-21-16-10-5-13(11-17(16)22-18)12-19(23)20-14-6-8-15(9-7-14)24-4-2/h5-11H,3-4,12H2,1-2H3,(H,20,23)(H,21,22). The normalized spacial score (nSPS) is 10.8. The number of carbonyl (C=O) groups is 1. The molecule has 24 heavy (non-hydrogen) atoms. The Labute approximate surface area is 141 Å². The number of aryl methyl sites for hydroxylation is 1. The molecule has 2 N–H and O–H groups in total. The summed E-state index contributed by atoms with van der Waals surface area (Å²) in [4.78, 5) is 20.0. The zero-order chi connectivity index (χ0) is 16.9. The number of hydrogen-bond donors (Lipinski definition) is 2. The number of carbonyl (C=O) groups excluding carboxylic acids is 1. The van der Waals surface area contributed by atoms with Gasteiger partial charge in [-0.05, 0) is 48.9 Å². The molecule has 0 spiro atoms. The third-order valence-corrected chi connectivity index (χ3v) is 3.74. The van der Waals surface area contributed by atoms with Crippen LogP contribution in [-0.2, 0) is 17.6 Å². The fourth-order valence-corrected chi connectivity index (χ4v) is 2.58. The van der Waals surface area contributed by atoms with E-state index in [1.54, 1.807) is 0 Å². The predicted molar refractivity (Wildman–Crippen MR) is 95.4 cm³/mol. The van der Waals surface area contributed by atoms with Crippen molar-refractivity contribution >= 4 is 22.6 Å². The van der Waals surface area contributed by atoms with Gasteiger partial charge in [0.2, 0.25) is 5.91 Å². The Bertz CT molecular complexity index is 837. The fourth-order valence-electron chi connectivity index (χ4n) is 2.58. The molecule has 0 unspecified atom stereocenters. The monoisotopic (exact) mass is 323 g/mol. The lowest BCUT2D eigenvalue weighted by molar-refractivity contribution is -0.115. The molecular weight excluding hydrogens is 302 g/mol. The maximum atomic E-state index is 12.2. The van der Waals surface area contributed by atoms with Crippen molar-refractivity contribution < 1.29 is 9.53 Å². The molecular formula is C19H21N3O2. The lowest BCUT2D eigenvalue weighted by atomic mass is 10.1. The van der Waals surface area contributed by atoms with E-state index in [0.29, 0.717) is 13.0 Å². The highest BCUT2D eigenvalue weighted by atomic mass is 16.5. The first-order valence-electron chi connectivity index (χ1n) is 8.18. The lowest BCUT2D eigenvalue weighted by Crippen LogP contribution is -2.14. The molecule has 2 aromatic carbocycles. The van der Waals surface area contributed by atoms with Gasteiger partial charge in [-0.15, -0.1) is 0 Å². The van der Waals surface area contributed by atoms with E-state index in [0.717, 1.165) is 40.3 Å². The molecule has 0 bridgehead atoms. The molecule has 5 heteroatoms. The van der Waals surface area contributed by atoms with Gasteiger partial charge in [0.15, 0.2) is 0 Å². The summed E-state index contributed by atoms with van der Waals surface area (Å²) in [6.07, 6.45) is 1.19. The number of imidazole rings is 1. The summed E-state index contributed by atoms with van der Waals surface area (Å²) in [7, 11) is 0. The molecule has 0 saturated carbocycles. The van der Waals surface area contributed by atoms with E-state index in [-0.39, 0.29) is 5.91 Å². The highest BCUT2D eigenvalue weighted by molar-refractivity contribution is 5.92. The van der Waals surface area contributed by atoms with Crippen LogP contribution in [0.4, 0.5) is 5.69 Å². The second kappa shape index (κ2) is 7.17. The minimum absolute atomic E-state index is 0.0475. The molecule has 1 amide bonds. The maximum absolute atomic E-state index is 12.2. The first kappa shape index (κ1) is 16.1. The third kappa shape index (κ3) is 3.74. The van der Waals surface area contributed by atoms with Crippen LogP contribution in [0, 0.1) is 0 Å². The number of H-pyrrole nitrogens is 1. The number of amides is 1. The molecule has 0 saturated heterocycles. The number of anilines is 1. The smallest absolute Gasteiger partial charge is 0.228 e. The van der Waals surface area contributed by atoms with E-state index in [9.17, 15) is 4.79 Å². The summed E-state index contributed by atoms with van der Waals surface area (Å²) in [5.41, 5.74) is 3.62. The zero-order valence-electron chi connectivity index (χ0n) is 13.9. The summed E-state index contributed by atoms with van der Waals surface area (Å²) >= 11 is 0. The Balaban J connectivity index is 1.65. The zero-order valence-corrected chi connectivity index (χ0v) is 13.9. The SMILES string of the molecule is CCOc1ccc(NC(=O)Cc2ccc3nc(CC)[nH]c3c2)cc1. The molecule has 0 aliphatic carbocycles. The highest BCUT2D eigenvalue weighted by Crippen LogP contribution is 2.17. The molecule has 3 rings (SSSR count). The van der Waals surface area contributed by atoms with Crippen LogP contribution in [0.1, 0.15) is 25.2 Å². The Kier molecular flexibility index (Phi) is 4.79. The summed E-state index contributed by atoms with van der Waals surface area (Å²) in [5.74, 6) is 1.71. The van der Waals surface area contributed by atoms with Crippen LogP contribution in [0.15, 0.2) is 42.5 Å². The van der Waals surface area contributed by atoms with Gasteiger partial charge in [-0.2, -0.15) is 0 Å². The Hall–Kier alpha value is -2.82. The van der Waals surface area contributed by atoms with Crippen LogP contribution in [0.25, 0.3) is 11.0 Å². The van der Waals surface area contributed by atoms with E-state index in [1.165, 1.54) is 0 Å². The first-order chi connectivity index (χ1) is 11.7. The number of benzene rings is 2. The minimum Gasteiger partial charge on any atom is -0.494 e. The largest absolute Gasteiger partial charge is 0.494 e.